The Kier molecular flexibility index (Phi) is 6.67. The summed E-state index contributed by atoms with van der Waals surface area (Å²) < 4.78 is 5.51. The third-order valence-electron chi connectivity index (χ3n) is 2.58. The van der Waals surface area contributed by atoms with Crippen molar-refractivity contribution in [3.8, 4) is 5.75 Å². The van der Waals surface area contributed by atoms with Crippen molar-refractivity contribution in [2.75, 3.05) is 13.2 Å². The van der Waals surface area contributed by atoms with Gasteiger partial charge in [0.05, 0.1) is 12.7 Å². The number of aliphatic hydroxyl groups is 1. The van der Waals surface area contributed by atoms with Gasteiger partial charge in [-0.3, -0.25) is 0 Å². The van der Waals surface area contributed by atoms with Crippen molar-refractivity contribution >= 4 is 0 Å². The number of hydrogen-bond acceptors (Lipinski definition) is 3. The van der Waals surface area contributed by atoms with Gasteiger partial charge in [-0.25, -0.2) is 0 Å². The number of nitrogens with one attached hydrogen (secondary N) is 1. The van der Waals surface area contributed by atoms with E-state index in [2.05, 4.69) is 24.4 Å². The second-order valence-electron chi connectivity index (χ2n) is 4.19. The molecular formula is C14H23NO2. The predicted octanol–water partition coefficient (Wildman–Crippen LogP) is 2.34. The fraction of sp³-hybridized carbons (Fsp3) is 0.571. The highest BCUT2D eigenvalue weighted by molar-refractivity contribution is 5.27. The Bertz CT molecular complexity index is 298. The highest BCUT2D eigenvalue weighted by Crippen LogP contribution is 2.12. The molecule has 1 aromatic carbocycles. The van der Waals surface area contributed by atoms with E-state index in [9.17, 15) is 5.11 Å². The van der Waals surface area contributed by atoms with Crippen LogP contribution in [0.25, 0.3) is 0 Å². The minimum absolute atomic E-state index is 0.248. The van der Waals surface area contributed by atoms with Crippen LogP contribution < -0.4 is 10.1 Å². The maximum atomic E-state index is 9.39. The topological polar surface area (TPSA) is 41.5 Å². The van der Waals surface area contributed by atoms with Gasteiger partial charge in [0.15, 0.2) is 0 Å². The van der Waals surface area contributed by atoms with Gasteiger partial charge in [0.2, 0.25) is 0 Å². The van der Waals surface area contributed by atoms with Crippen LogP contribution in [0, 0.1) is 0 Å². The van der Waals surface area contributed by atoms with Gasteiger partial charge in [0.25, 0.3) is 0 Å². The summed E-state index contributed by atoms with van der Waals surface area (Å²) in [6, 6.07) is 8.08. The lowest BCUT2D eigenvalue weighted by atomic mass is 10.2. The molecule has 0 fully saturated rings. The van der Waals surface area contributed by atoms with Gasteiger partial charge in [0.1, 0.15) is 5.75 Å². The zero-order chi connectivity index (χ0) is 12.5. The summed E-state index contributed by atoms with van der Waals surface area (Å²) in [7, 11) is 0. The average molecular weight is 237 g/mol. The minimum Gasteiger partial charge on any atom is -0.494 e. The molecule has 17 heavy (non-hydrogen) atoms. The van der Waals surface area contributed by atoms with Gasteiger partial charge in [0, 0.05) is 13.1 Å². The summed E-state index contributed by atoms with van der Waals surface area (Å²) in [6.45, 7) is 6.26. The molecular weight excluding hydrogens is 214 g/mol. The van der Waals surface area contributed by atoms with Crippen LogP contribution in [0.1, 0.15) is 32.3 Å². The number of hydrogen-bond donors (Lipinski definition) is 2. The molecule has 0 spiro atoms. The number of rotatable bonds is 8. The Morgan fingerprint density at radius 1 is 1.24 bits per heavy atom. The van der Waals surface area contributed by atoms with Gasteiger partial charge >= 0.3 is 0 Å². The molecule has 0 aliphatic heterocycles. The van der Waals surface area contributed by atoms with Gasteiger partial charge < -0.3 is 15.2 Å². The average Bonchev–Trinajstić information content (AvgIpc) is 2.37. The summed E-state index contributed by atoms with van der Waals surface area (Å²) in [5.74, 6) is 0.921. The first kappa shape index (κ1) is 14.0. The van der Waals surface area contributed by atoms with Crippen molar-refractivity contribution in [2.45, 2.75) is 39.3 Å². The molecule has 3 nitrogen and oxygen atoms in total. The molecule has 0 aliphatic rings. The Hall–Kier alpha value is -1.06. The quantitative estimate of drug-likeness (QED) is 0.729. The first-order valence-electron chi connectivity index (χ1n) is 6.36. The van der Waals surface area contributed by atoms with E-state index in [0.717, 1.165) is 31.7 Å². The molecule has 1 unspecified atom stereocenters. The highest BCUT2D eigenvalue weighted by Gasteiger charge is 2.00. The molecule has 1 atom stereocenters. The highest BCUT2D eigenvalue weighted by atomic mass is 16.5. The van der Waals surface area contributed by atoms with E-state index in [1.54, 1.807) is 0 Å². The first-order valence-corrected chi connectivity index (χ1v) is 6.36. The molecule has 0 saturated carbocycles. The van der Waals surface area contributed by atoms with Crippen LogP contribution in [0.4, 0.5) is 0 Å². The molecule has 96 valence electrons. The maximum Gasteiger partial charge on any atom is 0.119 e. The molecule has 0 bridgehead atoms. The van der Waals surface area contributed by atoms with E-state index >= 15 is 0 Å². The molecule has 1 rings (SSSR count). The Labute approximate surface area is 104 Å². The van der Waals surface area contributed by atoms with Gasteiger partial charge in [-0.05, 0) is 30.5 Å². The van der Waals surface area contributed by atoms with E-state index in [1.807, 2.05) is 19.1 Å². The lowest BCUT2D eigenvalue weighted by Crippen LogP contribution is -2.25. The summed E-state index contributed by atoms with van der Waals surface area (Å²) in [4.78, 5) is 0. The van der Waals surface area contributed by atoms with Crippen molar-refractivity contribution in [3.05, 3.63) is 29.8 Å². The lowest BCUT2D eigenvalue weighted by molar-refractivity contribution is 0.167. The van der Waals surface area contributed by atoms with E-state index in [0.29, 0.717) is 6.54 Å². The summed E-state index contributed by atoms with van der Waals surface area (Å²) >= 11 is 0. The summed E-state index contributed by atoms with van der Waals surface area (Å²) in [6.07, 6.45) is 1.57. The Balaban J connectivity index is 2.30. The van der Waals surface area contributed by atoms with Crippen molar-refractivity contribution in [1.29, 1.82) is 0 Å². The van der Waals surface area contributed by atoms with Crippen molar-refractivity contribution < 1.29 is 9.84 Å². The largest absolute Gasteiger partial charge is 0.494 e. The number of ether oxygens (including phenoxy) is 1. The van der Waals surface area contributed by atoms with Crippen LogP contribution in [-0.4, -0.2) is 24.4 Å². The third-order valence-corrected chi connectivity index (χ3v) is 2.58. The second-order valence-corrected chi connectivity index (χ2v) is 4.19. The lowest BCUT2D eigenvalue weighted by Gasteiger charge is -2.10. The minimum atomic E-state index is -0.248. The molecule has 1 aromatic rings. The third kappa shape index (κ3) is 5.71. The second kappa shape index (κ2) is 8.09. The van der Waals surface area contributed by atoms with Crippen LogP contribution in [0.2, 0.25) is 0 Å². The molecule has 0 aromatic heterocycles. The molecule has 0 saturated heterocycles. The van der Waals surface area contributed by atoms with Crippen LogP contribution in [0.3, 0.4) is 0 Å². The monoisotopic (exact) mass is 237 g/mol. The maximum absolute atomic E-state index is 9.39. The van der Waals surface area contributed by atoms with Crippen LogP contribution >= 0.6 is 0 Å². The predicted molar refractivity (Wildman–Crippen MR) is 70.2 cm³/mol. The van der Waals surface area contributed by atoms with E-state index in [-0.39, 0.29) is 6.10 Å². The molecule has 0 aliphatic carbocycles. The van der Waals surface area contributed by atoms with Crippen molar-refractivity contribution in [1.82, 2.24) is 5.32 Å². The van der Waals surface area contributed by atoms with Gasteiger partial charge in [-0.1, -0.05) is 26.0 Å². The SMILES string of the molecule is CCCOc1ccc(CNCC(O)CC)cc1. The van der Waals surface area contributed by atoms with Gasteiger partial charge in [-0.2, -0.15) is 0 Å². The van der Waals surface area contributed by atoms with Crippen LogP contribution in [0.5, 0.6) is 5.75 Å². The molecule has 0 amide bonds. The van der Waals surface area contributed by atoms with Gasteiger partial charge in [-0.15, -0.1) is 0 Å². The van der Waals surface area contributed by atoms with E-state index in [4.69, 9.17) is 4.74 Å². The van der Waals surface area contributed by atoms with Crippen molar-refractivity contribution in [3.63, 3.8) is 0 Å². The summed E-state index contributed by atoms with van der Waals surface area (Å²) in [5.41, 5.74) is 1.21. The molecule has 0 radical (unpaired) electrons. The zero-order valence-corrected chi connectivity index (χ0v) is 10.8. The van der Waals surface area contributed by atoms with Crippen LogP contribution in [-0.2, 0) is 6.54 Å². The van der Waals surface area contributed by atoms with Crippen LogP contribution in [0.15, 0.2) is 24.3 Å². The Morgan fingerprint density at radius 3 is 2.53 bits per heavy atom. The fourth-order valence-corrected chi connectivity index (χ4v) is 1.45. The van der Waals surface area contributed by atoms with Crippen molar-refractivity contribution in [2.24, 2.45) is 0 Å². The fourth-order valence-electron chi connectivity index (χ4n) is 1.45. The standard InChI is InChI=1S/C14H23NO2/c1-3-9-17-14-7-5-12(6-8-14)10-15-11-13(16)4-2/h5-8,13,15-16H,3-4,9-11H2,1-2H3. The normalized spacial score (nSPS) is 12.4. The Morgan fingerprint density at radius 2 is 1.94 bits per heavy atom. The zero-order valence-electron chi connectivity index (χ0n) is 10.8. The number of aliphatic hydroxyl groups excluding tert-OH is 1. The smallest absolute Gasteiger partial charge is 0.119 e. The summed E-state index contributed by atoms with van der Waals surface area (Å²) in [5, 5.41) is 12.6. The molecule has 2 N–H and O–H groups in total. The van der Waals surface area contributed by atoms with E-state index in [1.165, 1.54) is 5.56 Å². The molecule has 3 heteroatoms. The van der Waals surface area contributed by atoms with E-state index < -0.39 is 0 Å². The molecule has 0 heterocycles. The first-order chi connectivity index (χ1) is 8.26. The number of benzene rings is 1.